The highest BCUT2D eigenvalue weighted by Crippen LogP contribution is 2.44. The monoisotopic (exact) mass is 732 g/mol. The Morgan fingerprint density at radius 3 is 2.60 bits per heavy atom. The van der Waals surface area contributed by atoms with Gasteiger partial charge in [-0.05, 0) is 60.9 Å². The number of aromatic nitrogens is 6. The molecule has 5 aromatic rings. The van der Waals surface area contributed by atoms with Crippen LogP contribution in [0.5, 0.6) is 5.75 Å². The zero-order chi connectivity index (χ0) is 33.6. The topological polar surface area (TPSA) is 135 Å². The van der Waals surface area contributed by atoms with Crippen LogP contribution in [0.4, 0.5) is 28.8 Å². The number of likely N-dealkylation sites (N-methyl/N-ethyl adjacent to an activating group) is 1. The first-order valence-electron chi connectivity index (χ1n) is 15.7. The molecule has 3 aromatic heterocycles. The van der Waals surface area contributed by atoms with Gasteiger partial charge in [0.2, 0.25) is 5.95 Å². The van der Waals surface area contributed by atoms with Gasteiger partial charge in [-0.1, -0.05) is 0 Å². The van der Waals surface area contributed by atoms with E-state index in [1.165, 1.54) is 0 Å². The number of ether oxygens (including phenoxy) is 2. The van der Waals surface area contributed by atoms with Crippen molar-refractivity contribution in [2.75, 3.05) is 75.8 Å². The average molecular weight is 734 g/mol. The van der Waals surface area contributed by atoms with Crippen molar-refractivity contribution >= 4 is 68.2 Å². The van der Waals surface area contributed by atoms with E-state index < -0.39 is 7.14 Å². The first-order chi connectivity index (χ1) is 23.0. The lowest BCUT2D eigenvalue weighted by Gasteiger charge is -2.39. The number of fused-ring (bicyclic) bond motifs is 1. The third-order valence-electron chi connectivity index (χ3n) is 8.83. The maximum Gasteiger partial charge on any atom is 0.229 e. The molecule has 2 saturated heterocycles. The number of morpholine rings is 1. The van der Waals surface area contributed by atoms with E-state index in [2.05, 4.69) is 75.6 Å². The van der Waals surface area contributed by atoms with Gasteiger partial charge in [-0.3, -0.25) is 14.6 Å². The third kappa shape index (κ3) is 6.37. The number of methoxy groups -OCH3 is 1. The molecular weight excluding hydrogens is 695 g/mol. The van der Waals surface area contributed by atoms with Crippen molar-refractivity contribution in [1.29, 1.82) is 0 Å². The summed E-state index contributed by atoms with van der Waals surface area (Å²) in [4.78, 5) is 23.0. The van der Waals surface area contributed by atoms with Gasteiger partial charge in [0, 0.05) is 80.9 Å². The van der Waals surface area contributed by atoms with Crippen molar-refractivity contribution in [3.63, 3.8) is 0 Å². The summed E-state index contributed by atoms with van der Waals surface area (Å²) < 4.78 is 28.2. The molecule has 7 rings (SSSR count). The highest BCUT2D eigenvalue weighted by molar-refractivity contribution is 9.10. The Balaban J connectivity index is 1.24. The smallest absolute Gasteiger partial charge is 0.229 e. The molecule has 0 saturated carbocycles. The molecule has 1 unspecified atom stereocenters. The van der Waals surface area contributed by atoms with Crippen LogP contribution in [-0.4, -0.2) is 100 Å². The second-order valence-corrected chi connectivity index (χ2v) is 16.8. The fourth-order valence-electron chi connectivity index (χ4n) is 6.65. The maximum absolute atomic E-state index is 13.5. The number of hydrogen-bond donors (Lipinski definition) is 2. The van der Waals surface area contributed by atoms with Gasteiger partial charge in [-0.2, -0.15) is 10.1 Å². The molecule has 250 valence electrons. The van der Waals surface area contributed by atoms with Crippen LogP contribution >= 0.6 is 23.1 Å². The van der Waals surface area contributed by atoms with E-state index in [9.17, 15) is 4.57 Å². The van der Waals surface area contributed by atoms with Crippen LogP contribution in [0, 0.1) is 0 Å². The van der Waals surface area contributed by atoms with Crippen molar-refractivity contribution in [2.45, 2.75) is 12.0 Å². The van der Waals surface area contributed by atoms with Crippen molar-refractivity contribution in [3.8, 4) is 16.9 Å². The van der Waals surface area contributed by atoms with Crippen LogP contribution in [0.2, 0.25) is 0 Å². The first kappa shape index (κ1) is 32.4. The van der Waals surface area contributed by atoms with Crippen LogP contribution in [0.15, 0.2) is 59.7 Å². The number of nitrogens with zero attached hydrogens (tertiary/aromatic N) is 8. The summed E-state index contributed by atoms with van der Waals surface area (Å²) in [6, 6.07) is 7.84. The van der Waals surface area contributed by atoms with Crippen molar-refractivity contribution in [3.05, 3.63) is 59.7 Å². The summed E-state index contributed by atoms with van der Waals surface area (Å²) >= 11 is 3.59. The minimum atomic E-state index is -2.77. The zero-order valence-electron chi connectivity index (χ0n) is 27.6. The quantitative estimate of drug-likeness (QED) is 0.202. The second kappa shape index (κ2) is 12.7. The van der Waals surface area contributed by atoms with E-state index in [0.29, 0.717) is 49.7 Å². The Labute approximate surface area is 287 Å². The van der Waals surface area contributed by atoms with Crippen molar-refractivity contribution < 1.29 is 14.0 Å². The molecule has 0 bridgehead atoms. The number of aryl methyl sites for hydroxylation is 1. The van der Waals surface area contributed by atoms with Crippen LogP contribution in [-0.2, 0) is 16.3 Å². The van der Waals surface area contributed by atoms with E-state index in [4.69, 9.17) is 14.5 Å². The Morgan fingerprint density at radius 2 is 1.85 bits per heavy atom. The number of anilines is 5. The van der Waals surface area contributed by atoms with Crippen LogP contribution in [0.3, 0.4) is 0 Å². The van der Waals surface area contributed by atoms with E-state index >= 15 is 0 Å². The molecule has 48 heavy (non-hydrogen) atoms. The molecule has 0 radical (unpaired) electrons. The second-order valence-electron chi connectivity index (χ2n) is 12.8. The Morgan fingerprint density at radius 1 is 1.02 bits per heavy atom. The van der Waals surface area contributed by atoms with E-state index in [1.54, 1.807) is 43.7 Å². The molecule has 2 N–H and O–H groups in total. The largest absolute Gasteiger partial charge is 0.494 e. The lowest BCUT2D eigenvalue weighted by molar-refractivity contribution is -0.0885. The van der Waals surface area contributed by atoms with E-state index in [-0.39, 0.29) is 5.60 Å². The van der Waals surface area contributed by atoms with Crippen LogP contribution < -0.4 is 25.6 Å². The average Bonchev–Trinajstić information content (AvgIpc) is 3.67. The molecule has 15 heteroatoms. The SMILES string of the molecule is COc1cc(N2CCC3(CN(C)CCO3)C2)c(-c2cnn(C)c2)cc1Nc1ncc(Br)c(Nc2ccc3nccnc3c2P(C)(C)=O)n1. The summed E-state index contributed by atoms with van der Waals surface area (Å²) in [6.45, 7) is 7.69. The Bertz CT molecular complexity index is 2050. The fraction of sp³-hybridized carbons (Fsp3) is 0.364. The molecule has 0 amide bonds. The summed E-state index contributed by atoms with van der Waals surface area (Å²) in [5.41, 5.74) is 5.45. The number of rotatable bonds is 8. The number of benzene rings is 2. The predicted octanol–water partition coefficient (Wildman–Crippen LogP) is 5.24. The van der Waals surface area contributed by atoms with Gasteiger partial charge in [-0.15, -0.1) is 0 Å². The molecule has 1 atom stereocenters. The van der Waals surface area contributed by atoms with E-state index in [0.717, 1.165) is 56.0 Å². The number of halogens is 1. The van der Waals surface area contributed by atoms with Gasteiger partial charge in [0.25, 0.3) is 0 Å². The summed E-state index contributed by atoms with van der Waals surface area (Å²) in [5, 5.41) is 11.8. The molecule has 1 spiro atoms. The number of hydrogen-bond acceptors (Lipinski definition) is 12. The Hall–Kier alpha value is -4.10. The molecule has 5 heterocycles. The van der Waals surface area contributed by atoms with Gasteiger partial charge in [0.15, 0.2) is 0 Å². The van der Waals surface area contributed by atoms with Crippen LogP contribution in [0.1, 0.15) is 6.42 Å². The zero-order valence-corrected chi connectivity index (χ0v) is 30.0. The summed E-state index contributed by atoms with van der Waals surface area (Å²) in [6.07, 6.45) is 9.73. The minimum absolute atomic E-state index is 0.196. The molecule has 2 aliphatic rings. The standard InChI is InChI=1S/C33H38BrN10O3P/c1-42-12-13-47-33(19-42)8-11-44(20-33)27-15-28(46-3)26(14-22(27)21-16-38-43(2)18-21)40-32-37-17-23(34)31(41-32)39-25-7-6-24-29(36-10-9-35-24)30(25)48(4,5)45/h6-7,9-10,14-18H,8,11-13,19-20H2,1-5H3,(H2,37,39,40,41). The van der Waals surface area contributed by atoms with Crippen LogP contribution in [0.25, 0.3) is 22.2 Å². The lowest BCUT2D eigenvalue weighted by Crippen LogP contribution is -2.51. The summed E-state index contributed by atoms with van der Waals surface area (Å²) in [7, 11) is 2.96. The predicted molar refractivity (Wildman–Crippen MR) is 193 cm³/mol. The first-order valence-corrected chi connectivity index (χ1v) is 19.1. The van der Waals surface area contributed by atoms with Crippen molar-refractivity contribution in [1.82, 2.24) is 34.6 Å². The van der Waals surface area contributed by atoms with Gasteiger partial charge < -0.3 is 34.5 Å². The molecule has 2 aliphatic heterocycles. The Kier molecular flexibility index (Phi) is 8.61. The lowest BCUT2D eigenvalue weighted by atomic mass is 10.0. The minimum Gasteiger partial charge on any atom is -0.494 e. The van der Waals surface area contributed by atoms with Crippen molar-refractivity contribution in [2.24, 2.45) is 7.05 Å². The van der Waals surface area contributed by atoms with Gasteiger partial charge >= 0.3 is 0 Å². The summed E-state index contributed by atoms with van der Waals surface area (Å²) in [5.74, 6) is 1.49. The molecule has 0 aliphatic carbocycles. The highest BCUT2D eigenvalue weighted by atomic mass is 79.9. The molecule has 2 aromatic carbocycles. The third-order valence-corrected chi connectivity index (χ3v) is 10.9. The van der Waals surface area contributed by atoms with E-state index in [1.807, 2.05) is 31.6 Å². The van der Waals surface area contributed by atoms with Gasteiger partial charge in [-0.25, -0.2) is 4.98 Å². The maximum atomic E-state index is 13.5. The molecule has 2 fully saturated rings. The highest BCUT2D eigenvalue weighted by Gasteiger charge is 2.42. The molecular formula is C33H38BrN10O3P. The van der Waals surface area contributed by atoms with Gasteiger partial charge in [0.05, 0.1) is 52.2 Å². The number of nitrogens with one attached hydrogen (secondary N) is 2. The van der Waals surface area contributed by atoms with Gasteiger partial charge in [0.1, 0.15) is 24.2 Å². The molecule has 13 nitrogen and oxygen atoms in total. The fourth-order valence-corrected chi connectivity index (χ4v) is 8.33. The normalized spacial score (nSPS) is 18.5.